The van der Waals surface area contributed by atoms with Crippen molar-refractivity contribution >= 4 is 34.0 Å². The third kappa shape index (κ3) is 5.05. The number of aryl methyl sites for hydroxylation is 1. The predicted molar refractivity (Wildman–Crippen MR) is 121 cm³/mol. The molecule has 1 aromatic carbocycles. The summed E-state index contributed by atoms with van der Waals surface area (Å²) in [6.07, 6.45) is 2.01. The Morgan fingerprint density at radius 1 is 1.23 bits per heavy atom. The lowest BCUT2D eigenvalue weighted by molar-refractivity contribution is -0.116. The van der Waals surface area contributed by atoms with Gasteiger partial charge in [0.15, 0.2) is 5.13 Å². The SMILES string of the molecule is Cc1nc(NC(=O)CCN)sc1-c1ccnc(N(c2ccccc2)N2CCOCC2)n1. The van der Waals surface area contributed by atoms with Crippen LogP contribution >= 0.6 is 11.3 Å². The van der Waals surface area contributed by atoms with Crippen molar-refractivity contribution in [2.45, 2.75) is 13.3 Å². The van der Waals surface area contributed by atoms with E-state index >= 15 is 0 Å². The average Bonchev–Trinajstić information content (AvgIpc) is 3.15. The van der Waals surface area contributed by atoms with Gasteiger partial charge in [-0.1, -0.05) is 29.5 Å². The highest BCUT2D eigenvalue weighted by atomic mass is 32.1. The fraction of sp³-hybridized carbons (Fsp3) is 0.333. The molecule has 3 heterocycles. The zero-order valence-corrected chi connectivity index (χ0v) is 18.1. The van der Waals surface area contributed by atoms with E-state index in [9.17, 15) is 4.79 Å². The topological polar surface area (TPSA) is 110 Å². The Balaban J connectivity index is 1.66. The largest absolute Gasteiger partial charge is 0.379 e. The Morgan fingerprint density at radius 2 is 2.00 bits per heavy atom. The van der Waals surface area contributed by atoms with Gasteiger partial charge in [0, 0.05) is 32.3 Å². The molecule has 0 atom stereocenters. The summed E-state index contributed by atoms with van der Waals surface area (Å²) in [5.74, 6) is 0.431. The zero-order valence-electron chi connectivity index (χ0n) is 17.3. The molecular formula is C21H25N7O2S. The fourth-order valence-corrected chi connectivity index (χ4v) is 4.26. The van der Waals surface area contributed by atoms with Crippen molar-refractivity contribution in [1.29, 1.82) is 0 Å². The van der Waals surface area contributed by atoms with Gasteiger partial charge in [0.25, 0.3) is 0 Å². The minimum Gasteiger partial charge on any atom is -0.379 e. The molecule has 2 aromatic heterocycles. The normalized spacial score (nSPS) is 14.4. The standard InChI is InChI=1S/C21H25N7O2S/c1-15-19(31-21(24-15)26-18(29)7-9-22)17-8-10-23-20(25-17)28(16-5-3-2-4-6-16)27-11-13-30-14-12-27/h2-6,8,10H,7,9,11-14,22H2,1H3,(H,24,26,29). The Labute approximate surface area is 184 Å². The lowest BCUT2D eigenvalue weighted by Crippen LogP contribution is -2.47. The van der Waals surface area contributed by atoms with E-state index in [1.807, 2.05) is 48.3 Å². The number of hydrogen-bond acceptors (Lipinski definition) is 9. The molecule has 1 amide bonds. The predicted octanol–water partition coefficient (Wildman–Crippen LogP) is 2.58. The molecule has 1 aliphatic heterocycles. The summed E-state index contributed by atoms with van der Waals surface area (Å²) in [6, 6.07) is 11.9. The van der Waals surface area contributed by atoms with Crippen LogP contribution in [0.3, 0.4) is 0 Å². The quantitative estimate of drug-likeness (QED) is 0.578. The number of nitrogens with zero attached hydrogens (tertiary/aromatic N) is 5. The van der Waals surface area contributed by atoms with Gasteiger partial charge in [0.05, 0.1) is 35.2 Å². The molecule has 0 unspecified atom stereocenters. The fourth-order valence-electron chi connectivity index (χ4n) is 3.31. The molecule has 1 aliphatic rings. The van der Waals surface area contributed by atoms with Crippen LogP contribution in [0.2, 0.25) is 0 Å². The van der Waals surface area contributed by atoms with Crippen molar-refractivity contribution in [3.63, 3.8) is 0 Å². The number of thiazole rings is 1. The molecule has 0 saturated carbocycles. The summed E-state index contributed by atoms with van der Waals surface area (Å²) in [7, 11) is 0. The van der Waals surface area contributed by atoms with E-state index in [1.54, 1.807) is 6.20 Å². The Morgan fingerprint density at radius 3 is 2.74 bits per heavy atom. The van der Waals surface area contributed by atoms with Crippen molar-refractivity contribution in [1.82, 2.24) is 20.0 Å². The van der Waals surface area contributed by atoms with E-state index in [2.05, 4.69) is 20.3 Å². The summed E-state index contributed by atoms with van der Waals surface area (Å²) in [5.41, 5.74) is 8.00. The molecule has 0 radical (unpaired) electrons. The summed E-state index contributed by atoms with van der Waals surface area (Å²) in [6.45, 7) is 5.02. The molecule has 0 spiro atoms. The maximum atomic E-state index is 11.9. The van der Waals surface area contributed by atoms with Crippen LogP contribution in [-0.2, 0) is 9.53 Å². The van der Waals surface area contributed by atoms with E-state index in [0.29, 0.717) is 30.8 Å². The van der Waals surface area contributed by atoms with Gasteiger partial charge < -0.3 is 15.8 Å². The Bertz CT molecular complexity index is 1020. The van der Waals surface area contributed by atoms with E-state index in [-0.39, 0.29) is 12.3 Å². The van der Waals surface area contributed by atoms with E-state index in [1.165, 1.54) is 11.3 Å². The first-order chi connectivity index (χ1) is 15.2. The maximum Gasteiger partial charge on any atom is 0.245 e. The monoisotopic (exact) mass is 439 g/mol. The summed E-state index contributed by atoms with van der Waals surface area (Å²) in [4.78, 5) is 26.7. The van der Waals surface area contributed by atoms with Gasteiger partial charge in [-0.15, -0.1) is 0 Å². The molecule has 3 aromatic rings. The van der Waals surface area contributed by atoms with Crippen LogP contribution in [0.4, 0.5) is 16.8 Å². The van der Waals surface area contributed by atoms with Crippen molar-refractivity contribution in [2.75, 3.05) is 43.2 Å². The number of carbonyl (C=O) groups excluding carboxylic acids is 1. The van der Waals surface area contributed by atoms with Gasteiger partial charge in [-0.2, -0.15) is 0 Å². The van der Waals surface area contributed by atoms with Gasteiger partial charge >= 0.3 is 0 Å². The highest BCUT2D eigenvalue weighted by Gasteiger charge is 2.24. The molecule has 0 aliphatic carbocycles. The third-order valence-electron chi connectivity index (χ3n) is 4.75. The molecule has 0 bridgehead atoms. The zero-order chi connectivity index (χ0) is 21.6. The second kappa shape index (κ2) is 9.92. The van der Waals surface area contributed by atoms with Gasteiger partial charge in [0.1, 0.15) is 0 Å². The third-order valence-corrected chi connectivity index (χ3v) is 5.85. The average molecular weight is 440 g/mol. The Hall–Kier alpha value is -2.92. The van der Waals surface area contributed by atoms with Crippen LogP contribution < -0.4 is 16.1 Å². The van der Waals surface area contributed by atoms with Crippen LogP contribution in [0.1, 0.15) is 12.1 Å². The number of para-hydroxylation sites is 1. The highest BCUT2D eigenvalue weighted by molar-refractivity contribution is 7.19. The maximum absolute atomic E-state index is 11.9. The molecule has 4 rings (SSSR count). The van der Waals surface area contributed by atoms with Crippen molar-refractivity contribution in [3.8, 4) is 10.6 Å². The van der Waals surface area contributed by atoms with Gasteiger partial charge in [0.2, 0.25) is 11.9 Å². The number of aromatic nitrogens is 3. The smallest absolute Gasteiger partial charge is 0.245 e. The number of benzene rings is 1. The number of hydrogen-bond donors (Lipinski definition) is 2. The van der Waals surface area contributed by atoms with E-state index in [0.717, 1.165) is 35.0 Å². The number of nitrogens with one attached hydrogen (secondary N) is 1. The summed E-state index contributed by atoms with van der Waals surface area (Å²) in [5, 5.41) is 7.57. The first-order valence-electron chi connectivity index (χ1n) is 10.1. The number of morpholine rings is 1. The second-order valence-corrected chi connectivity index (χ2v) is 7.97. The minimum absolute atomic E-state index is 0.145. The number of nitrogens with two attached hydrogens (primary N) is 1. The van der Waals surface area contributed by atoms with Crippen molar-refractivity contribution in [3.05, 3.63) is 48.3 Å². The van der Waals surface area contributed by atoms with Crippen LogP contribution in [-0.4, -0.2) is 58.7 Å². The summed E-state index contributed by atoms with van der Waals surface area (Å²) < 4.78 is 5.52. The Kier molecular flexibility index (Phi) is 6.82. The molecule has 10 heteroatoms. The lowest BCUT2D eigenvalue weighted by Gasteiger charge is -2.37. The summed E-state index contributed by atoms with van der Waals surface area (Å²) >= 11 is 1.39. The van der Waals surface area contributed by atoms with E-state index < -0.39 is 0 Å². The molecular weight excluding hydrogens is 414 g/mol. The van der Waals surface area contributed by atoms with Crippen LogP contribution in [0, 0.1) is 6.92 Å². The molecule has 31 heavy (non-hydrogen) atoms. The number of ether oxygens (including phenoxy) is 1. The first kappa shape index (κ1) is 21.3. The second-order valence-electron chi connectivity index (χ2n) is 6.98. The van der Waals surface area contributed by atoms with Gasteiger partial charge in [-0.25, -0.2) is 25.0 Å². The molecule has 9 nitrogen and oxygen atoms in total. The van der Waals surface area contributed by atoms with Crippen LogP contribution in [0.15, 0.2) is 42.6 Å². The van der Waals surface area contributed by atoms with Crippen molar-refractivity contribution < 1.29 is 9.53 Å². The lowest BCUT2D eigenvalue weighted by atomic mass is 10.3. The number of hydrazine groups is 1. The number of amides is 1. The molecule has 3 N–H and O–H groups in total. The van der Waals surface area contributed by atoms with Crippen LogP contribution in [0.5, 0.6) is 0 Å². The molecule has 1 fully saturated rings. The first-order valence-corrected chi connectivity index (χ1v) is 11.0. The van der Waals surface area contributed by atoms with Crippen molar-refractivity contribution in [2.24, 2.45) is 5.73 Å². The molecule has 162 valence electrons. The highest BCUT2D eigenvalue weighted by Crippen LogP contribution is 2.33. The number of carbonyl (C=O) groups is 1. The van der Waals surface area contributed by atoms with E-state index in [4.69, 9.17) is 15.5 Å². The van der Waals surface area contributed by atoms with Crippen LogP contribution in [0.25, 0.3) is 10.6 Å². The number of rotatable bonds is 7. The number of anilines is 3. The van der Waals surface area contributed by atoms with Gasteiger partial charge in [-0.05, 0) is 25.1 Å². The minimum atomic E-state index is -0.145. The van der Waals surface area contributed by atoms with Gasteiger partial charge in [-0.3, -0.25) is 4.79 Å². The molecule has 1 saturated heterocycles.